The number of thiophene rings is 1. The summed E-state index contributed by atoms with van der Waals surface area (Å²) in [6.07, 6.45) is 3.13. The monoisotopic (exact) mass is 396 g/mol. The predicted octanol–water partition coefficient (Wildman–Crippen LogP) is 2.42. The van der Waals surface area contributed by atoms with Crippen molar-refractivity contribution in [2.24, 2.45) is 0 Å². The van der Waals surface area contributed by atoms with Gasteiger partial charge in [0.15, 0.2) is 0 Å². The SMILES string of the molecule is COCCCN(C)S(=O)(=O)c1cc(CNC2CC2)sc1Br. The Balaban J connectivity index is 2.03. The van der Waals surface area contributed by atoms with Gasteiger partial charge in [-0.2, -0.15) is 0 Å². The highest BCUT2D eigenvalue weighted by Crippen LogP contribution is 2.33. The van der Waals surface area contributed by atoms with E-state index in [1.54, 1.807) is 20.2 Å². The Hall–Kier alpha value is 0.01000. The lowest BCUT2D eigenvalue weighted by molar-refractivity contribution is 0.189. The number of nitrogens with zero attached hydrogens (tertiary/aromatic N) is 1. The van der Waals surface area contributed by atoms with Crippen molar-refractivity contribution in [3.8, 4) is 0 Å². The van der Waals surface area contributed by atoms with Crippen molar-refractivity contribution in [3.05, 3.63) is 14.7 Å². The molecule has 0 radical (unpaired) electrons. The highest BCUT2D eigenvalue weighted by atomic mass is 79.9. The highest BCUT2D eigenvalue weighted by molar-refractivity contribution is 9.11. The lowest BCUT2D eigenvalue weighted by Gasteiger charge is -2.16. The Morgan fingerprint density at radius 3 is 2.86 bits per heavy atom. The first-order chi connectivity index (χ1) is 9.95. The maximum absolute atomic E-state index is 12.6. The molecule has 21 heavy (non-hydrogen) atoms. The molecular weight excluding hydrogens is 376 g/mol. The van der Waals surface area contributed by atoms with Crippen molar-refractivity contribution in [1.82, 2.24) is 9.62 Å². The van der Waals surface area contributed by atoms with Gasteiger partial charge in [0.05, 0.1) is 3.79 Å². The van der Waals surface area contributed by atoms with E-state index in [2.05, 4.69) is 21.2 Å². The normalized spacial score (nSPS) is 15.8. The molecule has 2 rings (SSSR count). The Morgan fingerprint density at radius 1 is 1.52 bits per heavy atom. The van der Waals surface area contributed by atoms with Crippen LogP contribution in [0.4, 0.5) is 0 Å². The molecule has 0 saturated heterocycles. The maximum atomic E-state index is 12.6. The van der Waals surface area contributed by atoms with Crippen LogP contribution in [0.15, 0.2) is 14.7 Å². The minimum Gasteiger partial charge on any atom is -0.385 e. The van der Waals surface area contributed by atoms with E-state index in [0.29, 0.717) is 34.3 Å². The fraction of sp³-hybridized carbons (Fsp3) is 0.692. The molecule has 0 aliphatic heterocycles. The van der Waals surface area contributed by atoms with Crippen molar-refractivity contribution >= 4 is 37.3 Å². The fourth-order valence-corrected chi connectivity index (χ4v) is 5.70. The van der Waals surface area contributed by atoms with Crippen molar-refractivity contribution in [2.75, 3.05) is 27.3 Å². The molecule has 1 fully saturated rings. The zero-order valence-electron chi connectivity index (χ0n) is 12.3. The van der Waals surface area contributed by atoms with Crippen LogP contribution in [0.2, 0.25) is 0 Å². The van der Waals surface area contributed by atoms with Gasteiger partial charge in [0.25, 0.3) is 0 Å². The summed E-state index contributed by atoms with van der Waals surface area (Å²) in [5.74, 6) is 0. The van der Waals surface area contributed by atoms with Gasteiger partial charge in [-0.25, -0.2) is 12.7 Å². The molecule has 0 aromatic carbocycles. The molecule has 1 aliphatic rings. The maximum Gasteiger partial charge on any atom is 0.244 e. The van der Waals surface area contributed by atoms with Gasteiger partial charge in [-0.05, 0) is 41.3 Å². The smallest absolute Gasteiger partial charge is 0.244 e. The van der Waals surface area contributed by atoms with Crippen LogP contribution in [-0.2, 0) is 21.3 Å². The van der Waals surface area contributed by atoms with E-state index in [9.17, 15) is 8.42 Å². The number of halogens is 1. The number of sulfonamides is 1. The second-order valence-electron chi connectivity index (χ2n) is 5.18. The van der Waals surface area contributed by atoms with E-state index < -0.39 is 10.0 Å². The van der Waals surface area contributed by atoms with E-state index in [1.807, 2.05) is 0 Å². The lowest BCUT2D eigenvalue weighted by atomic mass is 10.4. The van der Waals surface area contributed by atoms with Gasteiger partial charge in [0, 0.05) is 44.8 Å². The standard InChI is InChI=1S/C13H21BrN2O3S2/c1-16(6-3-7-19-2)21(17,18)12-8-11(20-13(12)14)9-15-10-4-5-10/h8,10,15H,3-7,9H2,1-2H3. The van der Waals surface area contributed by atoms with Crippen LogP contribution >= 0.6 is 27.3 Å². The Labute approximate surface area is 138 Å². The average molecular weight is 397 g/mol. The molecule has 1 heterocycles. The van der Waals surface area contributed by atoms with Gasteiger partial charge in [-0.15, -0.1) is 11.3 Å². The number of ether oxygens (including phenoxy) is 1. The second kappa shape index (κ2) is 7.52. The quantitative estimate of drug-likeness (QED) is 0.651. The van der Waals surface area contributed by atoms with Gasteiger partial charge < -0.3 is 10.1 Å². The van der Waals surface area contributed by atoms with Gasteiger partial charge in [0.1, 0.15) is 4.90 Å². The summed E-state index contributed by atoms with van der Waals surface area (Å²) < 4.78 is 32.1. The zero-order valence-corrected chi connectivity index (χ0v) is 15.5. The molecule has 1 aromatic rings. The zero-order chi connectivity index (χ0) is 15.5. The topological polar surface area (TPSA) is 58.6 Å². The first-order valence-corrected chi connectivity index (χ1v) is 9.97. The molecular formula is C13H21BrN2O3S2. The largest absolute Gasteiger partial charge is 0.385 e. The van der Waals surface area contributed by atoms with Crippen LogP contribution in [0.25, 0.3) is 0 Å². The summed E-state index contributed by atoms with van der Waals surface area (Å²) in [6, 6.07) is 2.38. The molecule has 1 aliphatic carbocycles. The molecule has 0 bridgehead atoms. The number of nitrogens with one attached hydrogen (secondary N) is 1. The Kier molecular flexibility index (Phi) is 6.22. The Morgan fingerprint density at radius 2 is 2.24 bits per heavy atom. The Bertz CT molecular complexity index is 570. The number of hydrogen-bond acceptors (Lipinski definition) is 5. The van der Waals surface area contributed by atoms with Gasteiger partial charge >= 0.3 is 0 Å². The summed E-state index contributed by atoms with van der Waals surface area (Å²) in [5, 5.41) is 3.40. The molecule has 1 aromatic heterocycles. The molecule has 0 unspecified atom stereocenters. The van der Waals surface area contributed by atoms with E-state index in [-0.39, 0.29) is 0 Å². The van der Waals surface area contributed by atoms with Crippen molar-refractivity contribution < 1.29 is 13.2 Å². The molecule has 120 valence electrons. The summed E-state index contributed by atoms with van der Waals surface area (Å²) in [4.78, 5) is 1.40. The van der Waals surface area contributed by atoms with E-state index in [4.69, 9.17) is 4.74 Å². The molecule has 0 spiro atoms. The van der Waals surface area contributed by atoms with Gasteiger partial charge in [0.2, 0.25) is 10.0 Å². The van der Waals surface area contributed by atoms with E-state index in [1.165, 1.54) is 28.5 Å². The van der Waals surface area contributed by atoms with Crippen molar-refractivity contribution in [1.29, 1.82) is 0 Å². The van der Waals surface area contributed by atoms with Crippen LogP contribution < -0.4 is 5.32 Å². The minimum absolute atomic E-state index is 0.361. The number of hydrogen-bond donors (Lipinski definition) is 1. The molecule has 1 N–H and O–H groups in total. The first-order valence-electron chi connectivity index (χ1n) is 6.92. The molecule has 0 amide bonds. The van der Waals surface area contributed by atoms with Gasteiger partial charge in [-0.3, -0.25) is 0 Å². The van der Waals surface area contributed by atoms with Crippen LogP contribution in [0.3, 0.4) is 0 Å². The molecule has 8 heteroatoms. The van der Waals surface area contributed by atoms with Crippen LogP contribution in [0, 0.1) is 0 Å². The van der Waals surface area contributed by atoms with E-state index >= 15 is 0 Å². The average Bonchev–Trinajstić information content (AvgIpc) is 3.18. The summed E-state index contributed by atoms with van der Waals surface area (Å²) in [6.45, 7) is 1.74. The third-order valence-corrected chi connectivity index (χ3v) is 7.47. The van der Waals surface area contributed by atoms with Gasteiger partial charge in [-0.1, -0.05) is 0 Å². The predicted molar refractivity (Wildman–Crippen MR) is 88.2 cm³/mol. The van der Waals surface area contributed by atoms with Crippen LogP contribution in [0.1, 0.15) is 24.1 Å². The highest BCUT2D eigenvalue weighted by Gasteiger charge is 2.26. The summed E-state index contributed by atoms with van der Waals surface area (Å²) in [7, 11) is -0.216. The fourth-order valence-electron chi connectivity index (χ4n) is 1.91. The number of methoxy groups -OCH3 is 1. The van der Waals surface area contributed by atoms with Crippen molar-refractivity contribution in [2.45, 2.75) is 36.7 Å². The molecule has 0 atom stereocenters. The molecule has 5 nitrogen and oxygen atoms in total. The first kappa shape index (κ1) is 17.4. The molecule has 1 saturated carbocycles. The second-order valence-corrected chi connectivity index (χ2v) is 9.65. The number of rotatable bonds is 9. The lowest BCUT2D eigenvalue weighted by Crippen LogP contribution is -2.28. The van der Waals surface area contributed by atoms with E-state index in [0.717, 1.165) is 11.4 Å². The minimum atomic E-state index is -3.44. The third kappa shape index (κ3) is 4.74. The summed E-state index contributed by atoms with van der Waals surface area (Å²) in [5.41, 5.74) is 0. The van der Waals surface area contributed by atoms with Crippen LogP contribution in [-0.4, -0.2) is 46.1 Å². The van der Waals surface area contributed by atoms with Crippen molar-refractivity contribution in [3.63, 3.8) is 0 Å². The summed E-state index contributed by atoms with van der Waals surface area (Å²) >= 11 is 4.87. The third-order valence-electron chi connectivity index (χ3n) is 3.36. The van der Waals surface area contributed by atoms with Crippen LogP contribution in [0.5, 0.6) is 0 Å².